The third-order valence-corrected chi connectivity index (χ3v) is 5.42. The molecule has 0 aromatic heterocycles. The highest BCUT2D eigenvalue weighted by atomic mass is 16.2. The van der Waals surface area contributed by atoms with E-state index in [2.05, 4.69) is 30.6 Å². The van der Waals surface area contributed by atoms with Crippen molar-refractivity contribution in [3.63, 3.8) is 0 Å². The summed E-state index contributed by atoms with van der Waals surface area (Å²) in [6, 6.07) is 0.670. The molecule has 2 heterocycles. The van der Waals surface area contributed by atoms with Crippen molar-refractivity contribution in [2.45, 2.75) is 71.8 Å². The van der Waals surface area contributed by atoms with Crippen molar-refractivity contribution in [1.29, 1.82) is 0 Å². The maximum absolute atomic E-state index is 12.4. The lowest BCUT2D eigenvalue weighted by Crippen LogP contribution is -2.42. The molecule has 0 aromatic rings. The second-order valence-electron chi connectivity index (χ2n) is 7.51. The fourth-order valence-electron chi connectivity index (χ4n) is 3.91. The lowest BCUT2D eigenvalue weighted by atomic mass is 9.95. The summed E-state index contributed by atoms with van der Waals surface area (Å²) in [5.41, 5.74) is 0. The zero-order valence-corrected chi connectivity index (χ0v) is 14.3. The molecule has 0 N–H and O–H groups in total. The van der Waals surface area contributed by atoms with Gasteiger partial charge in [0, 0.05) is 32.1 Å². The van der Waals surface area contributed by atoms with Gasteiger partial charge < -0.3 is 4.90 Å². The monoisotopic (exact) mass is 294 g/mol. The summed E-state index contributed by atoms with van der Waals surface area (Å²) in [6.07, 6.45) is 8.35. The van der Waals surface area contributed by atoms with Crippen LogP contribution in [0.5, 0.6) is 0 Å². The third kappa shape index (κ3) is 4.98. The summed E-state index contributed by atoms with van der Waals surface area (Å²) in [5, 5.41) is 0. The van der Waals surface area contributed by atoms with Gasteiger partial charge in [-0.2, -0.15) is 0 Å². The van der Waals surface area contributed by atoms with Crippen molar-refractivity contribution in [3.8, 4) is 0 Å². The van der Waals surface area contributed by atoms with Gasteiger partial charge in [-0.05, 0) is 56.9 Å². The Bertz CT molecular complexity index is 323. The average molecular weight is 294 g/mol. The summed E-state index contributed by atoms with van der Waals surface area (Å²) in [4.78, 5) is 17.1. The molecule has 3 heteroatoms. The number of piperidine rings is 1. The fourth-order valence-corrected chi connectivity index (χ4v) is 3.91. The van der Waals surface area contributed by atoms with Crippen LogP contribution in [0.2, 0.25) is 0 Å². The standard InChI is InChI=1S/C18H34N2O/c1-15(2)17-8-7-16(3)9-13-19(17)14-10-18(21)20-11-5-4-6-12-20/h15-17H,4-14H2,1-3H3. The highest BCUT2D eigenvalue weighted by Gasteiger charge is 2.27. The molecule has 0 aliphatic carbocycles. The molecule has 2 atom stereocenters. The van der Waals surface area contributed by atoms with Gasteiger partial charge >= 0.3 is 0 Å². The van der Waals surface area contributed by atoms with Gasteiger partial charge in [-0.15, -0.1) is 0 Å². The van der Waals surface area contributed by atoms with Crippen LogP contribution in [0.1, 0.15) is 65.7 Å². The van der Waals surface area contributed by atoms with E-state index >= 15 is 0 Å². The quantitative estimate of drug-likeness (QED) is 0.792. The smallest absolute Gasteiger partial charge is 0.223 e. The van der Waals surface area contributed by atoms with Crippen LogP contribution in [0, 0.1) is 11.8 Å². The van der Waals surface area contributed by atoms with E-state index in [-0.39, 0.29) is 0 Å². The molecule has 2 aliphatic rings. The first-order valence-electron chi connectivity index (χ1n) is 9.09. The molecular formula is C18H34N2O. The lowest BCUT2D eigenvalue weighted by molar-refractivity contribution is -0.132. The van der Waals surface area contributed by atoms with Gasteiger partial charge in [0.1, 0.15) is 0 Å². The number of carbonyl (C=O) groups is 1. The topological polar surface area (TPSA) is 23.6 Å². The number of likely N-dealkylation sites (tertiary alicyclic amines) is 2. The molecule has 122 valence electrons. The highest BCUT2D eigenvalue weighted by molar-refractivity contribution is 5.76. The van der Waals surface area contributed by atoms with Gasteiger partial charge in [-0.25, -0.2) is 0 Å². The van der Waals surface area contributed by atoms with Crippen molar-refractivity contribution < 1.29 is 4.79 Å². The van der Waals surface area contributed by atoms with Crippen molar-refractivity contribution >= 4 is 5.91 Å². The Morgan fingerprint density at radius 1 is 1.05 bits per heavy atom. The number of hydrogen-bond acceptors (Lipinski definition) is 2. The highest BCUT2D eigenvalue weighted by Crippen LogP contribution is 2.26. The first-order valence-corrected chi connectivity index (χ1v) is 9.09. The van der Waals surface area contributed by atoms with Crippen LogP contribution >= 0.6 is 0 Å². The molecule has 0 radical (unpaired) electrons. The Labute approximate surface area is 131 Å². The van der Waals surface area contributed by atoms with Crippen molar-refractivity contribution in [3.05, 3.63) is 0 Å². The van der Waals surface area contributed by atoms with Crippen LogP contribution in [-0.2, 0) is 4.79 Å². The number of rotatable bonds is 4. The predicted molar refractivity (Wildman–Crippen MR) is 88.3 cm³/mol. The van der Waals surface area contributed by atoms with Crippen molar-refractivity contribution in [2.24, 2.45) is 11.8 Å². The van der Waals surface area contributed by atoms with E-state index in [0.29, 0.717) is 17.9 Å². The molecule has 3 nitrogen and oxygen atoms in total. The molecule has 1 amide bonds. The van der Waals surface area contributed by atoms with E-state index in [9.17, 15) is 4.79 Å². The van der Waals surface area contributed by atoms with Crippen LogP contribution in [0.15, 0.2) is 0 Å². The fraction of sp³-hybridized carbons (Fsp3) is 0.944. The second-order valence-corrected chi connectivity index (χ2v) is 7.51. The molecule has 0 spiro atoms. The molecule has 2 saturated heterocycles. The minimum Gasteiger partial charge on any atom is -0.343 e. The first kappa shape index (κ1) is 16.8. The average Bonchev–Trinajstić information content (AvgIpc) is 2.67. The molecule has 2 fully saturated rings. The summed E-state index contributed by atoms with van der Waals surface area (Å²) in [7, 11) is 0. The summed E-state index contributed by atoms with van der Waals surface area (Å²) < 4.78 is 0. The molecule has 0 aromatic carbocycles. The van der Waals surface area contributed by atoms with E-state index in [4.69, 9.17) is 0 Å². The number of hydrogen-bond donors (Lipinski definition) is 0. The Morgan fingerprint density at radius 2 is 1.76 bits per heavy atom. The third-order valence-electron chi connectivity index (χ3n) is 5.42. The molecule has 0 saturated carbocycles. The van der Waals surface area contributed by atoms with Gasteiger partial charge in [0.05, 0.1) is 0 Å². The molecule has 2 aliphatic heterocycles. The molecule has 2 rings (SSSR count). The Morgan fingerprint density at radius 3 is 2.43 bits per heavy atom. The zero-order valence-electron chi connectivity index (χ0n) is 14.3. The number of nitrogens with zero attached hydrogens (tertiary/aromatic N) is 2. The van der Waals surface area contributed by atoms with Gasteiger partial charge in [0.25, 0.3) is 0 Å². The van der Waals surface area contributed by atoms with Crippen LogP contribution in [0.4, 0.5) is 0 Å². The lowest BCUT2D eigenvalue weighted by Gasteiger charge is -2.34. The molecule has 2 unspecified atom stereocenters. The van der Waals surface area contributed by atoms with Gasteiger partial charge in [0.2, 0.25) is 5.91 Å². The minimum absolute atomic E-state index is 0.384. The predicted octanol–water partition coefficient (Wildman–Crippen LogP) is 3.54. The van der Waals surface area contributed by atoms with Gasteiger partial charge in [-0.3, -0.25) is 9.69 Å². The van der Waals surface area contributed by atoms with E-state index < -0.39 is 0 Å². The Kier molecular flexibility index (Phi) is 6.53. The van der Waals surface area contributed by atoms with Gasteiger partial charge in [-0.1, -0.05) is 20.8 Å². The number of carbonyl (C=O) groups excluding carboxylic acids is 1. The van der Waals surface area contributed by atoms with E-state index in [1.165, 1.54) is 45.1 Å². The number of amides is 1. The minimum atomic E-state index is 0.384. The normalized spacial score (nSPS) is 28.7. The van der Waals surface area contributed by atoms with Crippen LogP contribution in [-0.4, -0.2) is 47.9 Å². The summed E-state index contributed by atoms with van der Waals surface area (Å²) >= 11 is 0. The molecular weight excluding hydrogens is 260 g/mol. The maximum Gasteiger partial charge on any atom is 0.223 e. The summed E-state index contributed by atoms with van der Waals surface area (Å²) in [6.45, 7) is 11.2. The molecule has 21 heavy (non-hydrogen) atoms. The van der Waals surface area contributed by atoms with E-state index in [1.54, 1.807) is 0 Å². The summed E-state index contributed by atoms with van der Waals surface area (Å²) in [5.74, 6) is 1.92. The van der Waals surface area contributed by atoms with Gasteiger partial charge in [0.15, 0.2) is 0 Å². The first-order chi connectivity index (χ1) is 10.1. The SMILES string of the molecule is CC1CCC(C(C)C)N(CCC(=O)N2CCCCC2)CC1. The second kappa shape index (κ2) is 8.17. The van der Waals surface area contributed by atoms with E-state index in [1.807, 2.05) is 0 Å². The van der Waals surface area contributed by atoms with E-state index in [0.717, 1.165) is 32.0 Å². The van der Waals surface area contributed by atoms with Crippen molar-refractivity contribution in [2.75, 3.05) is 26.2 Å². The maximum atomic E-state index is 12.4. The Balaban J connectivity index is 1.84. The van der Waals surface area contributed by atoms with Crippen LogP contribution in [0.25, 0.3) is 0 Å². The molecule has 0 bridgehead atoms. The zero-order chi connectivity index (χ0) is 15.2. The van der Waals surface area contributed by atoms with Crippen LogP contribution < -0.4 is 0 Å². The largest absolute Gasteiger partial charge is 0.343 e. The van der Waals surface area contributed by atoms with Crippen molar-refractivity contribution in [1.82, 2.24) is 9.80 Å². The van der Waals surface area contributed by atoms with Crippen LogP contribution in [0.3, 0.4) is 0 Å². The Hall–Kier alpha value is -0.570.